The number of hydrogen-bond donors (Lipinski definition) is 0. The highest BCUT2D eigenvalue weighted by Crippen LogP contribution is 2.21. The molecular formula is C15H12N4O. The topological polar surface area (TPSA) is 82.5 Å². The van der Waals surface area contributed by atoms with Gasteiger partial charge in [0, 0.05) is 5.56 Å². The molecule has 0 saturated carbocycles. The van der Waals surface area contributed by atoms with Gasteiger partial charge in [-0.25, -0.2) is 4.98 Å². The number of imidazole rings is 1. The lowest BCUT2D eigenvalue weighted by atomic mass is 10.0. The minimum atomic E-state index is -0.526. The molecule has 0 amide bonds. The fourth-order valence-corrected chi connectivity index (χ4v) is 2.09. The zero-order chi connectivity index (χ0) is 14.5. The molecule has 1 aromatic heterocycles. The van der Waals surface area contributed by atoms with Crippen LogP contribution in [0.4, 0.5) is 0 Å². The fourth-order valence-electron chi connectivity index (χ4n) is 2.09. The molecule has 2 rings (SSSR count). The third kappa shape index (κ3) is 2.30. The van der Waals surface area contributed by atoms with E-state index in [1.54, 1.807) is 24.3 Å². The minimum absolute atomic E-state index is 0.0480. The summed E-state index contributed by atoms with van der Waals surface area (Å²) in [6.07, 6.45) is 1.90. The molecule has 2 aromatic rings. The van der Waals surface area contributed by atoms with Gasteiger partial charge in [0.05, 0.1) is 12.4 Å². The summed E-state index contributed by atoms with van der Waals surface area (Å²) < 4.78 is 1.48. The van der Waals surface area contributed by atoms with Crippen LogP contribution in [0.3, 0.4) is 0 Å². The third-order valence-corrected chi connectivity index (χ3v) is 3.09. The molecule has 0 aliphatic heterocycles. The molecule has 1 heterocycles. The van der Waals surface area contributed by atoms with E-state index in [0.717, 1.165) is 0 Å². The Balaban J connectivity index is 2.45. The van der Waals surface area contributed by atoms with Gasteiger partial charge in [-0.05, 0) is 6.42 Å². The molecule has 0 fully saturated rings. The van der Waals surface area contributed by atoms with Crippen molar-refractivity contribution in [3.8, 4) is 12.1 Å². The van der Waals surface area contributed by atoms with E-state index in [-0.39, 0.29) is 17.2 Å². The van der Waals surface area contributed by atoms with Gasteiger partial charge in [0.1, 0.15) is 12.1 Å². The van der Waals surface area contributed by atoms with Crippen LogP contribution in [0.5, 0.6) is 0 Å². The van der Waals surface area contributed by atoms with Crippen molar-refractivity contribution >= 4 is 5.78 Å². The monoisotopic (exact) mass is 264 g/mol. The molecule has 0 radical (unpaired) electrons. The van der Waals surface area contributed by atoms with Gasteiger partial charge in [-0.1, -0.05) is 37.3 Å². The lowest BCUT2D eigenvalue weighted by molar-refractivity contribution is 0.0921. The van der Waals surface area contributed by atoms with Gasteiger partial charge < -0.3 is 4.57 Å². The van der Waals surface area contributed by atoms with Crippen LogP contribution in [0.15, 0.2) is 36.7 Å². The predicted molar refractivity (Wildman–Crippen MR) is 71.8 cm³/mol. The van der Waals surface area contributed by atoms with E-state index in [2.05, 4.69) is 4.98 Å². The Hall–Kier alpha value is -2.92. The van der Waals surface area contributed by atoms with Gasteiger partial charge >= 0.3 is 0 Å². The van der Waals surface area contributed by atoms with E-state index in [1.807, 2.05) is 25.1 Å². The second-order valence-corrected chi connectivity index (χ2v) is 4.23. The second-order valence-electron chi connectivity index (χ2n) is 4.23. The van der Waals surface area contributed by atoms with Crippen molar-refractivity contribution in [2.45, 2.75) is 19.4 Å². The zero-order valence-corrected chi connectivity index (χ0v) is 10.9. The molecular weight excluding hydrogens is 252 g/mol. The summed E-state index contributed by atoms with van der Waals surface area (Å²) in [6.45, 7) is 1.86. The molecule has 0 spiro atoms. The van der Waals surface area contributed by atoms with E-state index < -0.39 is 6.04 Å². The summed E-state index contributed by atoms with van der Waals surface area (Å²) >= 11 is 0. The Kier molecular flexibility index (Phi) is 3.93. The number of aromatic nitrogens is 2. The summed E-state index contributed by atoms with van der Waals surface area (Å²) in [4.78, 5) is 16.4. The van der Waals surface area contributed by atoms with Crippen molar-refractivity contribution in [3.63, 3.8) is 0 Å². The van der Waals surface area contributed by atoms with Crippen molar-refractivity contribution in [1.82, 2.24) is 9.55 Å². The molecule has 0 aliphatic carbocycles. The first-order valence-electron chi connectivity index (χ1n) is 6.19. The van der Waals surface area contributed by atoms with E-state index in [0.29, 0.717) is 12.0 Å². The Morgan fingerprint density at radius 1 is 1.30 bits per heavy atom. The van der Waals surface area contributed by atoms with Crippen molar-refractivity contribution in [2.75, 3.05) is 0 Å². The van der Waals surface area contributed by atoms with E-state index in [1.165, 1.54) is 10.9 Å². The van der Waals surface area contributed by atoms with Crippen LogP contribution in [0.25, 0.3) is 0 Å². The summed E-state index contributed by atoms with van der Waals surface area (Å²) in [7, 11) is 0. The first-order valence-corrected chi connectivity index (χ1v) is 6.19. The molecule has 0 aliphatic rings. The molecule has 0 N–H and O–H groups in total. The number of nitrogens with zero attached hydrogens (tertiary/aromatic N) is 4. The number of hydrogen-bond acceptors (Lipinski definition) is 4. The molecule has 1 atom stereocenters. The molecule has 20 heavy (non-hydrogen) atoms. The van der Waals surface area contributed by atoms with Crippen LogP contribution < -0.4 is 0 Å². The zero-order valence-electron chi connectivity index (χ0n) is 10.9. The maximum atomic E-state index is 12.5. The van der Waals surface area contributed by atoms with Gasteiger partial charge in [-0.15, -0.1) is 0 Å². The van der Waals surface area contributed by atoms with Crippen LogP contribution in [-0.4, -0.2) is 15.3 Å². The third-order valence-electron chi connectivity index (χ3n) is 3.09. The predicted octanol–water partition coefficient (Wildman–Crippen LogP) is 2.46. The minimum Gasteiger partial charge on any atom is -0.310 e. The van der Waals surface area contributed by atoms with Crippen LogP contribution in [0, 0.1) is 22.7 Å². The molecule has 0 bridgehead atoms. The quantitative estimate of drug-likeness (QED) is 0.794. The summed E-state index contributed by atoms with van der Waals surface area (Å²) in [5, 5.41) is 18.1. The van der Waals surface area contributed by atoms with Crippen LogP contribution in [0.1, 0.15) is 41.1 Å². The number of carbonyl (C=O) groups is 1. The maximum absolute atomic E-state index is 12.5. The normalized spacial score (nSPS) is 11.3. The lowest BCUT2D eigenvalue weighted by Crippen LogP contribution is -2.19. The van der Waals surface area contributed by atoms with Gasteiger partial charge in [0.2, 0.25) is 0 Å². The number of benzene rings is 1. The maximum Gasteiger partial charge on any atom is 0.185 e. The molecule has 0 saturated heterocycles. The summed E-state index contributed by atoms with van der Waals surface area (Å²) in [5.74, 6) is -0.0912. The van der Waals surface area contributed by atoms with Crippen molar-refractivity contribution in [3.05, 3.63) is 53.6 Å². The Morgan fingerprint density at radius 3 is 2.55 bits per heavy atom. The Bertz CT molecular complexity index is 704. The molecule has 1 aromatic carbocycles. The van der Waals surface area contributed by atoms with E-state index in [9.17, 15) is 4.79 Å². The number of carbonyl (C=O) groups excluding carboxylic acids is 1. The fraction of sp³-hybridized carbons (Fsp3) is 0.200. The van der Waals surface area contributed by atoms with E-state index in [4.69, 9.17) is 10.5 Å². The lowest BCUT2D eigenvalue weighted by Gasteiger charge is -2.16. The largest absolute Gasteiger partial charge is 0.310 e. The van der Waals surface area contributed by atoms with Gasteiger partial charge in [-0.2, -0.15) is 10.5 Å². The van der Waals surface area contributed by atoms with Crippen molar-refractivity contribution in [2.24, 2.45) is 0 Å². The van der Waals surface area contributed by atoms with Gasteiger partial charge in [-0.3, -0.25) is 4.79 Å². The highest BCUT2D eigenvalue weighted by molar-refractivity contribution is 5.99. The van der Waals surface area contributed by atoms with Crippen LogP contribution in [-0.2, 0) is 0 Å². The van der Waals surface area contributed by atoms with Gasteiger partial charge in [0.15, 0.2) is 17.2 Å². The van der Waals surface area contributed by atoms with Gasteiger partial charge in [0.25, 0.3) is 0 Å². The molecule has 1 unspecified atom stereocenters. The first kappa shape index (κ1) is 13.5. The number of nitriles is 2. The Labute approximate surface area is 116 Å². The summed E-state index contributed by atoms with van der Waals surface area (Å²) in [6, 6.07) is 12.2. The SMILES string of the molecule is CCC(C(=O)c1ccccc1)n1cnc(C#N)c1C#N. The Morgan fingerprint density at radius 2 is 2.00 bits per heavy atom. The highest BCUT2D eigenvalue weighted by Gasteiger charge is 2.24. The average Bonchev–Trinajstić information content (AvgIpc) is 2.91. The standard InChI is InChI=1S/C15H12N4O/c1-2-13(15(20)11-6-4-3-5-7-11)19-10-18-12(8-16)14(19)9-17/h3-7,10,13H,2H2,1H3. The average molecular weight is 264 g/mol. The number of Topliss-reactive ketones (excluding diaryl/α,β-unsaturated/α-hetero) is 1. The highest BCUT2D eigenvalue weighted by atomic mass is 16.1. The smallest absolute Gasteiger partial charge is 0.185 e. The molecule has 5 heteroatoms. The summed E-state index contributed by atoms with van der Waals surface area (Å²) in [5.41, 5.74) is 0.755. The van der Waals surface area contributed by atoms with Crippen molar-refractivity contribution in [1.29, 1.82) is 10.5 Å². The first-order chi connectivity index (χ1) is 9.72. The number of rotatable bonds is 4. The molecule has 5 nitrogen and oxygen atoms in total. The van der Waals surface area contributed by atoms with Crippen molar-refractivity contribution < 1.29 is 4.79 Å². The number of ketones is 1. The van der Waals surface area contributed by atoms with Crippen LogP contribution >= 0.6 is 0 Å². The second kappa shape index (κ2) is 5.81. The van der Waals surface area contributed by atoms with Crippen LogP contribution in [0.2, 0.25) is 0 Å². The van der Waals surface area contributed by atoms with E-state index >= 15 is 0 Å². The molecule has 98 valence electrons.